The lowest BCUT2D eigenvalue weighted by Gasteiger charge is -2.52. The molecule has 0 spiro atoms. The van der Waals surface area contributed by atoms with Crippen LogP contribution in [0.25, 0.3) is 11.1 Å². The summed E-state index contributed by atoms with van der Waals surface area (Å²) in [4.78, 5) is -1.09. The molecule has 0 unspecified atom stereocenters. The van der Waals surface area contributed by atoms with E-state index in [1.165, 1.54) is 50.1 Å². The van der Waals surface area contributed by atoms with Gasteiger partial charge in [0.1, 0.15) is 0 Å². The molecule has 0 radical (unpaired) electrons. The van der Waals surface area contributed by atoms with Crippen molar-refractivity contribution in [2.75, 3.05) is 0 Å². The Bertz CT molecular complexity index is 2020. The normalized spacial score (nSPS) is 20.2. The Morgan fingerprint density at radius 2 is 0.821 bits per heavy atom. The summed E-state index contributed by atoms with van der Waals surface area (Å²) in [6, 6.07) is 37.3. The summed E-state index contributed by atoms with van der Waals surface area (Å²) >= 11 is 17.3. The standard InChI is InChI=1S/C50H70B2Cl2Si2/c1-45(2,3)38-29-35(30-39(33-38)46(4,5)6)43-44(36-31-40(47(7,8)9)34-41(32-36)48(10,11)12)50(56(16,17)18,51(53)42-27-23-20-24-28-42)52(54)49(43,55(13,14)15)37-25-21-19-22-26-37/h19-34H,1-18H3/t49-,50+/m1/s1. The van der Waals surface area contributed by atoms with E-state index in [-0.39, 0.29) is 33.9 Å². The quantitative estimate of drug-likeness (QED) is 0.163. The van der Waals surface area contributed by atoms with Gasteiger partial charge in [-0.05, 0) is 76.6 Å². The van der Waals surface area contributed by atoms with E-state index in [0.717, 1.165) is 5.46 Å². The number of hydrogen-bond donors (Lipinski definition) is 0. The van der Waals surface area contributed by atoms with Crippen LogP contribution in [-0.2, 0) is 26.6 Å². The zero-order valence-corrected chi connectivity index (χ0v) is 41.7. The number of benzene rings is 4. The largest absolute Gasteiger partial charge is 0.285 e. The van der Waals surface area contributed by atoms with Gasteiger partial charge in [-0.25, -0.2) is 0 Å². The zero-order chi connectivity index (χ0) is 42.2. The highest BCUT2D eigenvalue weighted by Crippen LogP contribution is 2.72. The van der Waals surface area contributed by atoms with Crippen LogP contribution in [-0.4, -0.2) is 28.4 Å². The van der Waals surface area contributed by atoms with Gasteiger partial charge in [0.25, 0.3) is 12.3 Å². The Hall–Kier alpha value is -2.24. The van der Waals surface area contributed by atoms with Crippen LogP contribution in [0.15, 0.2) is 97.1 Å². The Kier molecular flexibility index (Phi) is 11.8. The first-order valence-corrected chi connectivity index (χ1v) is 28.7. The minimum Gasteiger partial charge on any atom is -0.195 e. The molecular formula is C50H70B2Cl2Si2. The lowest BCUT2D eigenvalue weighted by atomic mass is 9.35. The summed E-state index contributed by atoms with van der Waals surface area (Å²) in [6.45, 7) is 43.5. The topological polar surface area (TPSA) is 0 Å². The molecule has 6 heteroatoms. The van der Waals surface area contributed by atoms with Crippen LogP contribution in [0.3, 0.4) is 0 Å². The maximum Gasteiger partial charge on any atom is 0.285 e. The maximum absolute atomic E-state index is 8.86. The summed E-state index contributed by atoms with van der Waals surface area (Å²) in [5.41, 5.74) is 12.9. The molecule has 1 heterocycles. The molecule has 1 aliphatic heterocycles. The molecule has 56 heavy (non-hydrogen) atoms. The lowest BCUT2D eigenvalue weighted by Crippen LogP contribution is -2.66. The third-order valence-electron chi connectivity index (χ3n) is 12.9. The second-order valence-electron chi connectivity index (χ2n) is 23.0. The molecule has 0 amide bonds. The van der Waals surface area contributed by atoms with Crippen LogP contribution in [0, 0.1) is 0 Å². The molecule has 0 aromatic heterocycles. The van der Waals surface area contributed by atoms with E-state index < -0.39 is 25.9 Å². The third kappa shape index (κ3) is 7.68. The molecule has 0 aliphatic carbocycles. The number of hydrogen-bond acceptors (Lipinski definition) is 0. The number of halogens is 2. The molecule has 2 atom stereocenters. The van der Waals surface area contributed by atoms with Crippen molar-refractivity contribution in [3.8, 4) is 0 Å². The van der Waals surface area contributed by atoms with Crippen molar-refractivity contribution in [3.63, 3.8) is 0 Å². The highest BCUT2D eigenvalue weighted by molar-refractivity contribution is 7.38. The van der Waals surface area contributed by atoms with Crippen LogP contribution < -0.4 is 5.46 Å². The van der Waals surface area contributed by atoms with Gasteiger partial charge in [0.05, 0.1) is 8.07 Å². The minimum atomic E-state index is -2.43. The van der Waals surface area contributed by atoms with Gasteiger partial charge in [-0.3, -0.25) is 0 Å². The zero-order valence-electron chi connectivity index (χ0n) is 38.1. The average molecular weight is 820 g/mol. The summed E-state index contributed by atoms with van der Waals surface area (Å²) in [6.07, 6.45) is -0.690. The average Bonchev–Trinajstić information content (AvgIpc) is 3.34. The van der Waals surface area contributed by atoms with Gasteiger partial charge in [-0.15, -0.1) is 0 Å². The minimum absolute atomic E-state index is 0.0647. The first-order valence-electron chi connectivity index (χ1n) is 20.9. The lowest BCUT2D eigenvalue weighted by molar-refractivity contribution is 0.567. The molecule has 1 aliphatic rings. The third-order valence-corrected chi connectivity index (χ3v) is 21.2. The first-order chi connectivity index (χ1) is 25.4. The SMILES string of the molecule is CC(C)(C)c1cc(C2=C(c3cc(C(C)(C)C)cc(C(C)(C)C)c3)[C@@](c3ccccc3)([Si](C)(C)C)B(Cl)[C@]2(B(Cl)c2ccccc2)[Si](C)(C)C)cc(C(C)(C)C)c1. The van der Waals surface area contributed by atoms with Crippen molar-refractivity contribution >= 4 is 67.9 Å². The highest BCUT2D eigenvalue weighted by atomic mass is 35.5. The Morgan fingerprint density at radius 1 is 0.482 bits per heavy atom. The molecule has 0 saturated heterocycles. The van der Waals surface area contributed by atoms with Crippen molar-refractivity contribution in [1.82, 2.24) is 0 Å². The first kappa shape index (κ1) is 44.9. The fourth-order valence-corrected chi connectivity index (χ4v) is 19.5. The van der Waals surface area contributed by atoms with E-state index in [4.69, 9.17) is 22.9 Å². The predicted octanol–water partition coefficient (Wildman–Crippen LogP) is 14.7. The van der Waals surface area contributed by atoms with Gasteiger partial charge >= 0.3 is 0 Å². The monoisotopic (exact) mass is 818 g/mol. The summed E-state index contributed by atoms with van der Waals surface area (Å²) in [5, 5.41) is 0. The molecule has 0 fully saturated rings. The van der Waals surface area contributed by atoms with Crippen molar-refractivity contribution in [2.45, 2.75) is 154 Å². The van der Waals surface area contributed by atoms with E-state index in [0.29, 0.717) is 0 Å². The van der Waals surface area contributed by atoms with Gasteiger partial charge in [0.2, 0.25) is 0 Å². The summed E-state index contributed by atoms with van der Waals surface area (Å²) in [7, 11) is -4.80. The molecule has 0 saturated carbocycles. The van der Waals surface area contributed by atoms with Crippen LogP contribution in [0.5, 0.6) is 0 Å². The fourth-order valence-electron chi connectivity index (χ4n) is 9.49. The Labute approximate surface area is 355 Å². The van der Waals surface area contributed by atoms with E-state index in [9.17, 15) is 0 Å². The summed E-state index contributed by atoms with van der Waals surface area (Å²) in [5.74, 6) is 0. The molecule has 5 rings (SSSR count). The number of rotatable bonds is 7. The fraction of sp³-hybridized carbons (Fsp3) is 0.480. The van der Waals surface area contributed by atoms with E-state index in [1.54, 1.807) is 0 Å². The second kappa shape index (κ2) is 14.8. The Morgan fingerprint density at radius 3 is 1.14 bits per heavy atom. The van der Waals surface area contributed by atoms with Gasteiger partial charge in [-0.2, -0.15) is 22.9 Å². The highest BCUT2D eigenvalue weighted by Gasteiger charge is 2.74. The van der Waals surface area contributed by atoms with Crippen LogP contribution in [0.2, 0.25) is 44.1 Å². The van der Waals surface area contributed by atoms with E-state index >= 15 is 0 Å². The molecule has 298 valence electrons. The van der Waals surface area contributed by atoms with Gasteiger partial charge < -0.3 is 0 Å². The van der Waals surface area contributed by atoms with Crippen molar-refractivity contribution < 1.29 is 0 Å². The van der Waals surface area contributed by atoms with Gasteiger partial charge in [0.15, 0.2) is 0 Å². The van der Waals surface area contributed by atoms with E-state index in [2.05, 4.69) is 219 Å². The Balaban J connectivity index is 2.26. The molecule has 4 aromatic rings. The summed E-state index contributed by atoms with van der Waals surface area (Å²) < 4.78 is 0. The molecular weight excluding hydrogens is 749 g/mol. The molecule has 0 N–H and O–H groups in total. The molecule has 0 nitrogen and oxygen atoms in total. The van der Waals surface area contributed by atoms with Gasteiger partial charge in [0, 0.05) is 13.0 Å². The molecule has 0 bridgehead atoms. The van der Waals surface area contributed by atoms with Gasteiger partial charge in [-0.1, -0.05) is 225 Å². The van der Waals surface area contributed by atoms with Crippen molar-refractivity contribution in [2.24, 2.45) is 0 Å². The van der Waals surface area contributed by atoms with Crippen LogP contribution in [0.4, 0.5) is 0 Å². The molecule has 4 aromatic carbocycles. The maximum atomic E-state index is 8.86. The van der Waals surface area contributed by atoms with Crippen LogP contribution >= 0.6 is 22.9 Å². The predicted molar refractivity (Wildman–Crippen MR) is 261 cm³/mol. The second-order valence-corrected chi connectivity index (χ2v) is 34.5. The van der Waals surface area contributed by atoms with Crippen LogP contribution in [0.1, 0.15) is 122 Å². The van der Waals surface area contributed by atoms with Crippen molar-refractivity contribution in [1.29, 1.82) is 0 Å². The van der Waals surface area contributed by atoms with Crippen molar-refractivity contribution in [3.05, 3.63) is 136 Å². The smallest absolute Gasteiger partial charge is 0.195 e. The van der Waals surface area contributed by atoms with E-state index in [1.807, 2.05) is 0 Å². The number of allylic oxidation sites excluding steroid dienone is 2.